The zero-order valence-electron chi connectivity index (χ0n) is 9.89. The summed E-state index contributed by atoms with van der Waals surface area (Å²) >= 11 is 0. The summed E-state index contributed by atoms with van der Waals surface area (Å²) in [7, 11) is 0. The lowest BCUT2D eigenvalue weighted by Gasteiger charge is -2.10. The topological polar surface area (TPSA) is 91.6 Å². The minimum Gasteiger partial charge on any atom is -0.459 e. The first-order valence-electron chi connectivity index (χ1n) is 5.93. The van der Waals surface area contributed by atoms with Crippen LogP contribution in [0.25, 0.3) is 0 Å². The Hall–Kier alpha value is -1.82. The van der Waals surface area contributed by atoms with Crippen molar-refractivity contribution < 1.29 is 19.1 Å². The number of rotatable bonds is 6. The number of amides is 2. The van der Waals surface area contributed by atoms with E-state index in [0.29, 0.717) is 5.92 Å². The van der Waals surface area contributed by atoms with E-state index >= 15 is 0 Å². The van der Waals surface area contributed by atoms with Crippen molar-refractivity contribution in [1.29, 1.82) is 0 Å². The van der Waals surface area contributed by atoms with Crippen LogP contribution in [0.4, 0.5) is 0 Å². The Morgan fingerprint density at radius 2 is 2.22 bits per heavy atom. The minimum absolute atomic E-state index is 0.128. The van der Waals surface area contributed by atoms with Crippen LogP contribution in [-0.4, -0.2) is 36.1 Å². The molecule has 0 bridgehead atoms. The van der Waals surface area contributed by atoms with Crippen LogP contribution in [0.15, 0.2) is 22.8 Å². The van der Waals surface area contributed by atoms with Gasteiger partial charge in [0.05, 0.1) is 18.9 Å². The van der Waals surface area contributed by atoms with E-state index in [1.807, 2.05) is 0 Å². The third-order valence-electron chi connectivity index (χ3n) is 2.83. The molecular formula is C12H16N2O4. The average Bonchev–Trinajstić information content (AvgIpc) is 3.08. The molecule has 3 N–H and O–H groups in total. The van der Waals surface area contributed by atoms with Gasteiger partial charge < -0.3 is 20.2 Å². The van der Waals surface area contributed by atoms with Gasteiger partial charge in [0.1, 0.15) is 0 Å². The van der Waals surface area contributed by atoms with Crippen molar-refractivity contribution in [3.63, 3.8) is 0 Å². The summed E-state index contributed by atoms with van der Waals surface area (Å²) in [5, 5.41) is 14.5. The van der Waals surface area contributed by atoms with Crippen LogP contribution in [0.2, 0.25) is 0 Å². The van der Waals surface area contributed by atoms with Crippen molar-refractivity contribution in [2.24, 2.45) is 5.92 Å². The van der Waals surface area contributed by atoms with E-state index in [0.717, 1.165) is 12.8 Å². The lowest BCUT2D eigenvalue weighted by Crippen LogP contribution is -2.40. The first-order valence-corrected chi connectivity index (χ1v) is 5.93. The molecule has 2 rings (SSSR count). The fourth-order valence-electron chi connectivity index (χ4n) is 1.58. The molecule has 0 aromatic carbocycles. The fourth-order valence-corrected chi connectivity index (χ4v) is 1.58. The summed E-state index contributed by atoms with van der Waals surface area (Å²) in [5.41, 5.74) is 0. The molecule has 1 aromatic rings. The number of carbonyl (C=O) groups is 2. The molecule has 1 aliphatic carbocycles. The van der Waals surface area contributed by atoms with E-state index in [-0.39, 0.29) is 24.8 Å². The zero-order valence-corrected chi connectivity index (χ0v) is 9.89. The highest BCUT2D eigenvalue weighted by atomic mass is 16.3. The van der Waals surface area contributed by atoms with Gasteiger partial charge in [-0.2, -0.15) is 0 Å². The van der Waals surface area contributed by atoms with Crippen LogP contribution in [0.5, 0.6) is 0 Å². The van der Waals surface area contributed by atoms with Crippen LogP contribution in [-0.2, 0) is 4.79 Å². The Morgan fingerprint density at radius 3 is 2.83 bits per heavy atom. The van der Waals surface area contributed by atoms with E-state index < -0.39 is 12.0 Å². The fraction of sp³-hybridized carbons (Fsp3) is 0.500. The molecule has 1 aromatic heterocycles. The van der Waals surface area contributed by atoms with Crippen LogP contribution < -0.4 is 10.6 Å². The molecule has 6 nitrogen and oxygen atoms in total. The van der Waals surface area contributed by atoms with Gasteiger partial charge in [-0.25, -0.2) is 0 Å². The van der Waals surface area contributed by atoms with E-state index in [1.165, 1.54) is 12.3 Å². The third-order valence-corrected chi connectivity index (χ3v) is 2.83. The molecule has 0 saturated heterocycles. The summed E-state index contributed by atoms with van der Waals surface area (Å²) in [6.45, 7) is 0.108. The number of aliphatic hydroxyl groups is 1. The Kier molecular flexibility index (Phi) is 3.99. The Bertz CT molecular complexity index is 412. The number of hydrogen-bond acceptors (Lipinski definition) is 4. The van der Waals surface area contributed by atoms with Crippen molar-refractivity contribution in [3.05, 3.63) is 24.2 Å². The summed E-state index contributed by atoms with van der Waals surface area (Å²) in [6.07, 6.45) is 2.95. The van der Waals surface area contributed by atoms with Crippen molar-refractivity contribution in [2.45, 2.75) is 18.9 Å². The van der Waals surface area contributed by atoms with Gasteiger partial charge in [-0.15, -0.1) is 0 Å². The number of furan rings is 1. The van der Waals surface area contributed by atoms with E-state index in [1.54, 1.807) is 6.07 Å². The van der Waals surface area contributed by atoms with Gasteiger partial charge >= 0.3 is 0 Å². The predicted molar refractivity (Wildman–Crippen MR) is 62.8 cm³/mol. The molecular weight excluding hydrogens is 236 g/mol. The standard InChI is InChI=1S/C12H16N2O4/c15-9(8-3-4-8)6-13-11(16)7-14-12(17)10-2-1-5-18-10/h1-2,5,8-9,15H,3-4,6-7H2,(H,13,16)(H,14,17). The molecule has 1 heterocycles. The first-order chi connectivity index (χ1) is 8.66. The van der Waals surface area contributed by atoms with Crippen LogP contribution in [0.3, 0.4) is 0 Å². The number of hydrogen-bond donors (Lipinski definition) is 3. The summed E-state index contributed by atoms with van der Waals surface area (Å²) in [6, 6.07) is 3.12. The molecule has 0 aliphatic heterocycles. The monoisotopic (exact) mass is 252 g/mol. The Balaban J connectivity index is 1.63. The second-order valence-corrected chi connectivity index (χ2v) is 4.37. The highest BCUT2D eigenvalue weighted by Gasteiger charge is 2.29. The lowest BCUT2D eigenvalue weighted by atomic mass is 10.2. The SMILES string of the molecule is O=C(CNC(=O)c1ccco1)NCC(O)C1CC1. The smallest absolute Gasteiger partial charge is 0.287 e. The first kappa shape index (κ1) is 12.6. The highest BCUT2D eigenvalue weighted by molar-refractivity contribution is 5.94. The van der Waals surface area contributed by atoms with Gasteiger partial charge in [0.15, 0.2) is 5.76 Å². The molecule has 0 spiro atoms. The zero-order chi connectivity index (χ0) is 13.0. The molecule has 98 valence electrons. The molecule has 1 fully saturated rings. The second-order valence-electron chi connectivity index (χ2n) is 4.37. The van der Waals surface area contributed by atoms with Crippen molar-refractivity contribution in [2.75, 3.05) is 13.1 Å². The normalized spacial score (nSPS) is 16.1. The van der Waals surface area contributed by atoms with E-state index in [9.17, 15) is 14.7 Å². The van der Waals surface area contributed by atoms with E-state index in [2.05, 4.69) is 10.6 Å². The average molecular weight is 252 g/mol. The number of aliphatic hydroxyl groups excluding tert-OH is 1. The van der Waals surface area contributed by atoms with Gasteiger partial charge in [-0.3, -0.25) is 9.59 Å². The number of carbonyl (C=O) groups excluding carboxylic acids is 2. The predicted octanol–water partition coefficient (Wildman–Crippen LogP) is -0.104. The van der Waals surface area contributed by atoms with Gasteiger partial charge in [0.25, 0.3) is 5.91 Å². The van der Waals surface area contributed by atoms with Gasteiger partial charge in [-0.1, -0.05) is 0 Å². The molecule has 0 radical (unpaired) electrons. The van der Waals surface area contributed by atoms with Gasteiger partial charge in [0, 0.05) is 6.54 Å². The molecule has 1 saturated carbocycles. The van der Waals surface area contributed by atoms with Crippen molar-refractivity contribution in [3.8, 4) is 0 Å². The summed E-state index contributed by atoms with van der Waals surface area (Å²) in [4.78, 5) is 22.8. The van der Waals surface area contributed by atoms with Gasteiger partial charge in [0.2, 0.25) is 5.91 Å². The third kappa shape index (κ3) is 3.59. The quantitative estimate of drug-likeness (QED) is 0.659. The molecule has 6 heteroatoms. The van der Waals surface area contributed by atoms with Crippen LogP contribution >= 0.6 is 0 Å². The molecule has 18 heavy (non-hydrogen) atoms. The van der Waals surface area contributed by atoms with Crippen LogP contribution in [0.1, 0.15) is 23.4 Å². The maximum absolute atomic E-state index is 11.4. The van der Waals surface area contributed by atoms with Crippen molar-refractivity contribution in [1.82, 2.24) is 10.6 Å². The minimum atomic E-state index is -0.477. The number of nitrogens with one attached hydrogen (secondary N) is 2. The highest BCUT2D eigenvalue weighted by Crippen LogP contribution is 2.32. The largest absolute Gasteiger partial charge is 0.459 e. The summed E-state index contributed by atoms with van der Waals surface area (Å²) in [5.74, 6) is -0.267. The Labute approximate surface area is 104 Å². The maximum Gasteiger partial charge on any atom is 0.287 e. The van der Waals surface area contributed by atoms with Gasteiger partial charge in [-0.05, 0) is 30.9 Å². The maximum atomic E-state index is 11.4. The molecule has 1 aliphatic rings. The summed E-state index contributed by atoms with van der Waals surface area (Å²) < 4.78 is 4.88. The molecule has 2 amide bonds. The lowest BCUT2D eigenvalue weighted by molar-refractivity contribution is -0.120. The second kappa shape index (κ2) is 5.68. The Morgan fingerprint density at radius 1 is 1.44 bits per heavy atom. The van der Waals surface area contributed by atoms with E-state index in [4.69, 9.17) is 4.42 Å². The van der Waals surface area contributed by atoms with Crippen LogP contribution in [0, 0.1) is 5.92 Å². The molecule has 1 atom stereocenters. The molecule has 1 unspecified atom stereocenters. The van der Waals surface area contributed by atoms with Crippen molar-refractivity contribution >= 4 is 11.8 Å².